The number of amides is 1. The molecule has 41 heavy (non-hydrogen) atoms. The first kappa shape index (κ1) is 28.1. The Kier molecular flexibility index (Phi) is 9.13. The summed E-state index contributed by atoms with van der Waals surface area (Å²) in [4.78, 5) is 12.7. The van der Waals surface area contributed by atoms with E-state index in [1.54, 1.807) is 0 Å². The Bertz CT molecular complexity index is 1640. The van der Waals surface area contributed by atoms with Crippen molar-refractivity contribution >= 4 is 35.0 Å². The van der Waals surface area contributed by atoms with Gasteiger partial charge in [-0.1, -0.05) is 78.0 Å². The molecule has 1 heterocycles. The van der Waals surface area contributed by atoms with E-state index in [-0.39, 0.29) is 11.7 Å². The monoisotopic (exact) mass is 581 g/mol. The Hall–Kier alpha value is -4.40. The molecule has 0 aliphatic rings. The van der Waals surface area contributed by atoms with E-state index in [9.17, 15) is 4.79 Å². The molecular weight excluding hydrogens is 554 g/mol. The van der Waals surface area contributed by atoms with Gasteiger partial charge in [0, 0.05) is 16.3 Å². The molecule has 5 rings (SSSR count). The zero-order valence-electron chi connectivity index (χ0n) is 22.6. The highest BCUT2D eigenvalue weighted by Gasteiger charge is 2.17. The van der Waals surface area contributed by atoms with Crippen LogP contribution < -0.4 is 10.2 Å². The summed E-state index contributed by atoms with van der Waals surface area (Å²) in [7, 11) is 0. The van der Waals surface area contributed by atoms with Crippen LogP contribution in [0.5, 0.6) is 5.75 Å². The van der Waals surface area contributed by atoms with Crippen LogP contribution in [-0.4, -0.2) is 38.7 Å². The summed E-state index contributed by atoms with van der Waals surface area (Å²) in [5.41, 5.74) is 8.28. The van der Waals surface area contributed by atoms with Crippen LogP contribution in [0.15, 0.2) is 113 Å². The lowest BCUT2D eigenvalue weighted by Crippen LogP contribution is -2.21. The summed E-state index contributed by atoms with van der Waals surface area (Å²) >= 11 is 7.38. The summed E-state index contributed by atoms with van der Waals surface area (Å²) in [6.07, 6.45) is 0. The van der Waals surface area contributed by atoms with E-state index in [1.165, 1.54) is 11.8 Å². The number of hydrogen-bond acceptors (Lipinski definition) is 6. The number of nitrogens with one attached hydrogen (secondary N) is 1. The molecule has 0 saturated carbocycles. The van der Waals surface area contributed by atoms with Crippen LogP contribution in [0, 0.1) is 0 Å². The highest BCUT2D eigenvalue weighted by Crippen LogP contribution is 2.29. The number of carbonyl (C=O) groups is 1. The first-order chi connectivity index (χ1) is 20.0. The van der Waals surface area contributed by atoms with Gasteiger partial charge in [-0.3, -0.25) is 9.36 Å². The summed E-state index contributed by atoms with van der Waals surface area (Å²) in [5.74, 6) is 1.28. The van der Waals surface area contributed by atoms with Crippen molar-refractivity contribution in [2.45, 2.75) is 19.0 Å². The number of hydrazone groups is 1. The molecule has 0 saturated heterocycles. The SMILES string of the molecule is CCOc1ccc(-n2c(SCC(=O)NN=C(C)c3ccc(-c4ccccc4)cc3)nnc2-c2ccc(Cl)cc2)cc1. The van der Waals surface area contributed by atoms with Crippen LogP contribution in [0.3, 0.4) is 0 Å². The van der Waals surface area contributed by atoms with Crippen LogP contribution in [0.25, 0.3) is 28.2 Å². The van der Waals surface area contributed by atoms with E-state index in [0.717, 1.165) is 33.7 Å². The second kappa shape index (κ2) is 13.3. The number of aromatic nitrogens is 3. The fourth-order valence-corrected chi connectivity index (χ4v) is 5.02. The van der Waals surface area contributed by atoms with Gasteiger partial charge in [0.2, 0.25) is 0 Å². The van der Waals surface area contributed by atoms with E-state index < -0.39 is 0 Å². The Morgan fingerprint density at radius 2 is 1.54 bits per heavy atom. The number of hydrogen-bond donors (Lipinski definition) is 1. The van der Waals surface area contributed by atoms with Crippen LogP contribution in [0.2, 0.25) is 5.02 Å². The van der Waals surface area contributed by atoms with Gasteiger partial charge in [0.1, 0.15) is 5.75 Å². The second-order valence-corrected chi connectivity index (χ2v) is 10.4. The smallest absolute Gasteiger partial charge is 0.250 e. The van der Waals surface area contributed by atoms with Gasteiger partial charge in [0.25, 0.3) is 5.91 Å². The van der Waals surface area contributed by atoms with Gasteiger partial charge < -0.3 is 4.74 Å². The molecular formula is C32H28ClN5O2S. The van der Waals surface area contributed by atoms with Gasteiger partial charge in [-0.25, -0.2) is 5.43 Å². The molecule has 1 N–H and O–H groups in total. The molecule has 0 spiro atoms. The standard InChI is InChI=1S/C32H28ClN5O2S/c1-3-40-29-19-17-28(18-20-29)38-31(26-13-15-27(33)16-14-26)36-37-32(38)41-21-30(39)35-34-22(2)23-9-11-25(12-10-23)24-7-5-4-6-8-24/h4-20H,3,21H2,1-2H3,(H,35,39). The van der Waals surface area contributed by atoms with Gasteiger partial charge >= 0.3 is 0 Å². The van der Waals surface area contributed by atoms with Gasteiger partial charge in [-0.2, -0.15) is 5.10 Å². The number of nitrogens with zero attached hydrogens (tertiary/aromatic N) is 4. The molecule has 5 aromatic rings. The van der Waals surface area contributed by atoms with E-state index in [1.807, 2.05) is 109 Å². The predicted octanol–water partition coefficient (Wildman–Crippen LogP) is 7.29. The minimum absolute atomic E-state index is 0.111. The van der Waals surface area contributed by atoms with Crippen molar-refractivity contribution in [1.82, 2.24) is 20.2 Å². The largest absolute Gasteiger partial charge is 0.494 e. The summed E-state index contributed by atoms with van der Waals surface area (Å²) in [5, 5.41) is 14.3. The van der Waals surface area contributed by atoms with Gasteiger partial charge in [-0.05, 0) is 79.1 Å². The lowest BCUT2D eigenvalue weighted by molar-refractivity contribution is -0.118. The van der Waals surface area contributed by atoms with E-state index in [2.05, 4.69) is 32.9 Å². The molecule has 0 unspecified atom stereocenters. The topological polar surface area (TPSA) is 81.4 Å². The fraction of sp³-hybridized carbons (Fsp3) is 0.125. The van der Waals surface area contributed by atoms with Crippen molar-refractivity contribution in [2.75, 3.05) is 12.4 Å². The normalized spacial score (nSPS) is 11.3. The fourth-order valence-electron chi connectivity index (χ4n) is 4.15. The third kappa shape index (κ3) is 7.03. The zero-order valence-corrected chi connectivity index (χ0v) is 24.2. The van der Waals surface area contributed by atoms with E-state index >= 15 is 0 Å². The lowest BCUT2D eigenvalue weighted by Gasteiger charge is -2.11. The van der Waals surface area contributed by atoms with Crippen molar-refractivity contribution in [1.29, 1.82) is 0 Å². The molecule has 4 aromatic carbocycles. The molecule has 0 radical (unpaired) electrons. The molecule has 1 amide bonds. The molecule has 7 nitrogen and oxygen atoms in total. The Morgan fingerprint density at radius 3 is 2.22 bits per heavy atom. The maximum atomic E-state index is 12.7. The first-order valence-electron chi connectivity index (χ1n) is 13.1. The van der Waals surface area contributed by atoms with Crippen LogP contribution in [0.1, 0.15) is 19.4 Å². The summed E-state index contributed by atoms with van der Waals surface area (Å²) in [6.45, 7) is 4.39. The molecule has 0 aliphatic carbocycles. The number of ether oxygens (including phenoxy) is 1. The van der Waals surface area contributed by atoms with Crippen molar-refractivity contribution in [3.8, 4) is 34.0 Å². The summed E-state index contributed by atoms with van der Waals surface area (Å²) in [6, 6.07) is 33.3. The molecule has 0 fully saturated rings. The third-order valence-corrected chi connectivity index (χ3v) is 7.41. The average molecular weight is 582 g/mol. The van der Waals surface area contributed by atoms with Crippen LogP contribution >= 0.6 is 23.4 Å². The van der Waals surface area contributed by atoms with E-state index in [0.29, 0.717) is 28.3 Å². The van der Waals surface area contributed by atoms with Crippen LogP contribution in [-0.2, 0) is 4.79 Å². The Morgan fingerprint density at radius 1 is 0.878 bits per heavy atom. The predicted molar refractivity (Wildman–Crippen MR) is 166 cm³/mol. The Balaban J connectivity index is 1.29. The summed E-state index contributed by atoms with van der Waals surface area (Å²) < 4.78 is 7.51. The molecule has 0 atom stereocenters. The third-order valence-electron chi connectivity index (χ3n) is 6.23. The van der Waals surface area contributed by atoms with Crippen molar-refractivity contribution < 1.29 is 9.53 Å². The van der Waals surface area contributed by atoms with Crippen molar-refractivity contribution in [2.24, 2.45) is 5.10 Å². The highest BCUT2D eigenvalue weighted by atomic mass is 35.5. The number of carbonyl (C=O) groups excluding carboxylic acids is 1. The zero-order chi connectivity index (χ0) is 28.6. The molecule has 206 valence electrons. The Labute approximate surface area is 248 Å². The minimum Gasteiger partial charge on any atom is -0.494 e. The van der Waals surface area contributed by atoms with Gasteiger partial charge in [0.15, 0.2) is 11.0 Å². The lowest BCUT2D eigenvalue weighted by atomic mass is 10.0. The highest BCUT2D eigenvalue weighted by molar-refractivity contribution is 7.99. The van der Waals surface area contributed by atoms with Gasteiger partial charge in [0.05, 0.1) is 18.1 Å². The number of halogens is 1. The molecule has 0 aliphatic heterocycles. The number of benzene rings is 4. The number of thioether (sulfide) groups is 1. The number of rotatable bonds is 10. The molecule has 1 aromatic heterocycles. The van der Waals surface area contributed by atoms with Crippen molar-refractivity contribution in [3.05, 3.63) is 114 Å². The van der Waals surface area contributed by atoms with E-state index in [4.69, 9.17) is 16.3 Å². The average Bonchev–Trinajstić information content (AvgIpc) is 3.44. The minimum atomic E-state index is -0.246. The van der Waals surface area contributed by atoms with Crippen molar-refractivity contribution in [3.63, 3.8) is 0 Å². The molecule has 0 bridgehead atoms. The quantitative estimate of drug-likeness (QED) is 0.106. The maximum Gasteiger partial charge on any atom is 0.250 e. The van der Waals surface area contributed by atoms with Gasteiger partial charge in [-0.15, -0.1) is 10.2 Å². The first-order valence-corrected chi connectivity index (χ1v) is 14.4. The van der Waals surface area contributed by atoms with Crippen LogP contribution in [0.4, 0.5) is 0 Å². The second-order valence-electron chi connectivity index (χ2n) is 9.04. The maximum absolute atomic E-state index is 12.7. The molecule has 9 heteroatoms.